The molecular formula is C20H17ClN2O6. The summed E-state index contributed by atoms with van der Waals surface area (Å²) in [5, 5.41) is 3.42. The van der Waals surface area contributed by atoms with Gasteiger partial charge in [0.05, 0.1) is 22.9 Å². The smallest absolute Gasteiger partial charge is 0.411 e. The minimum atomic E-state index is -0.624. The van der Waals surface area contributed by atoms with E-state index in [1.165, 1.54) is 30.3 Å². The molecule has 29 heavy (non-hydrogen) atoms. The lowest BCUT2D eigenvalue weighted by Crippen LogP contribution is -2.13. The van der Waals surface area contributed by atoms with Crippen molar-refractivity contribution >= 4 is 46.0 Å². The summed E-state index contributed by atoms with van der Waals surface area (Å²) in [6, 6.07) is 10.4. The third-order valence-corrected chi connectivity index (χ3v) is 4.29. The molecule has 8 nitrogen and oxygen atoms in total. The number of carbonyl (C=O) groups is 2. The van der Waals surface area contributed by atoms with Crippen molar-refractivity contribution in [2.24, 2.45) is 0 Å². The van der Waals surface area contributed by atoms with Crippen molar-refractivity contribution in [3.63, 3.8) is 0 Å². The van der Waals surface area contributed by atoms with Gasteiger partial charge in [-0.1, -0.05) is 11.6 Å². The predicted molar refractivity (Wildman–Crippen MR) is 108 cm³/mol. The number of carbonyl (C=O) groups excluding carboxylic acids is 2. The van der Waals surface area contributed by atoms with Gasteiger partial charge < -0.3 is 19.6 Å². The molecule has 0 saturated heterocycles. The van der Waals surface area contributed by atoms with Gasteiger partial charge in [-0.2, -0.15) is 0 Å². The molecule has 0 unspecified atom stereocenters. The van der Waals surface area contributed by atoms with Crippen LogP contribution in [0.1, 0.15) is 22.8 Å². The van der Waals surface area contributed by atoms with Gasteiger partial charge >= 0.3 is 17.7 Å². The van der Waals surface area contributed by atoms with Crippen LogP contribution in [0.5, 0.6) is 0 Å². The normalized spacial score (nSPS) is 10.6. The molecule has 1 amide bonds. The maximum absolute atomic E-state index is 12.3. The van der Waals surface area contributed by atoms with E-state index in [4.69, 9.17) is 31.2 Å². The molecule has 3 N–H and O–H groups in total. The van der Waals surface area contributed by atoms with Crippen molar-refractivity contribution < 1.29 is 23.5 Å². The molecule has 2 aromatic carbocycles. The first-order valence-corrected chi connectivity index (χ1v) is 8.98. The Bertz CT molecular complexity index is 1140. The number of amides is 1. The SMILES string of the molecule is CCOC(=O)Nc1ccc2c(COC(=O)c3ccc(Cl)c(N)c3)cc(=O)oc2c1. The molecule has 0 bridgehead atoms. The van der Waals surface area contributed by atoms with Crippen molar-refractivity contribution in [2.75, 3.05) is 17.7 Å². The average Bonchev–Trinajstić information content (AvgIpc) is 2.67. The topological polar surface area (TPSA) is 121 Å². The third kappa shape index (κ3) is 4.85. The summed E-state index contributed by atoms with van der Waals surface area (Å²) >= 11 is 5.85. The van der Waals surface area contributed by atoms with Crippen LogP contribution in [0.2, 0.25) is 5.02 Å². The molecule has 0 atom stereocenters. The van der Waals surface area contributed by atoms with Gasteiger partial charge in [-0.25, -0.2) is 14.4 Å². The van der Waals surface area contributed by atoms with E-state index in [1.54, 1.807) is 19.1 Å². The Hall–Kier alpha value is -3.52. The van der Waals surface area contributed by atoms with Crippen LogP contribution in [0.4, 0.5) is 16.2 Å². The third-order valence-electron chi connectivity index (χ3n) is 3.94. The summed E-state index contributed by atoms with van der Waals surface area (Å²) in [6.07, 6.45) is -0.624. The molecule has 3 rings (SSSR count). The van der Waals surface area contributed by atoms with Gasteiger partial charge in [0, 0.05) is 28.8 Å². The van der Waals surface area contributed by atoms with Crippen LogP contribution in [0.25, 0.3) is 11.0 Å². The minimum Gasteiger partial charge on any atom is -0.457 e. The Labute approximate surface area is 170 Å². The number of esters is 1. The highest BCUT2D eigenvalue weighted by Crippen LogP contribution is 2.23. The standard InChI is InChI=1S/C20H17ClN2O6/c1-2-27-20(26)23-13-4-5-14-12(8-18(24)29-17(14)9-13)10-28-19(25)11-3-6-15(21)16(22)7-11/h3-9H,2,10,22H2,1H3,(H,23,26). The molecule has 150 valence electrons. The number of rotatable bonds is 5. The molecule has 0 fully saturated rings. The number of hydrogen-bond acceptors (Lipinski definition) is 7. The molecule has 9 heteroatoms. The Morgan fingerprint density at radius 1 is 1.14 bits per heavy atom. The van der Waals surface area contributed by atoms with Crippen LogP contribution in [0.15, 0.2) is 51.7 Å². The molecule has 1 aromatic heterocycles. The van der Waals surface area contributed by atoms with Gasteiger partial charge in [0.2, 0.25) is 0 Å². The summed E-state index contributed by atoms with van der Waals surface area (Å²) in [6.45, 7) is 1.75. The molecular weight excluding hydrogens is 400 g/mol. The zero-order valence-electron chi connectivity index (χ0n) is 15.4. The molecule has 0 aliphatic heterocycles. The number of benzene rings is 2. The molecule has 0 aliphatic rings. The van der Waals surface area contributed by atoms with E-state index in [0.29, 0.717) is 21.7 Å². The molecule has 0 spiro atoms. The molecule has 0 saturated carbocycles. The van der Waals surface area contributed by atoms with Crippen LogP contribution in [0, 0.1) is 0 Å². The fourth-order valence-electron chi connectivity index (χ4n) is 2.61. The second kappa shape index (κ2) is 8.66. The molecule has 0 aliphatic carbocycles. The molecule has 1 heterocycles. The van der Waals surface area contributed by atoms with E-state index >= 15 is 0 Å². The number of halogens is 1. The number of ether oxygens (including phenoxy) is 2. The number of nitrogens with one attached hydrogen (secondary N) is 1. The summed E-state index contributed by atoms with van der Waals surface area (Å²) in [4.78, 5) is 35.7. The van der Waals surface area contributed by atoms with Gasteiger partial charge in [0.15, 0.2) is 0 Å². The first kappa shape index (κ1) is 20.2. The van der Waals surface area contributed by atoms with E-state index in [2.05, 4.69) is 5.32 Å². The first-order valence-electron chi connectivity index (χ1n) is 8.60. The number of nitrogens with two attached hydrogens (primary N) is 1. The lowest BCUT2D eigenvalue weighted by molar-refractivity contribution is 0.0474. The van der Waals surface area contributed by atoms with E-state index in [1.807, 2.05) is 0 Å². The highest BCUT2D eigenvalue weighted by atomic mass is 35.5. The predicted octanol–water partition coefficient (Wildman–Crippen LogP) is 3.95. The molecule has 3 aromatic rings. The van der Waals surface area contributed by atoms with Crippen molar-refractivity contribution in [3.05, 3.63) is 69.0 Å². The number of anilines is 2. The van der Waals surface area contributed by atoms with Crippen LogP contribution in [-0.4, -0.2) is 18.7 Å². The van der Waals surface area contributed by atoms with Gasteiger partial charge in [-0.15, -0.1) is 0 Å². The van der Waals surface area contributed by atoms with Gasteiger partial charge in [-0.05, 0) is 37.3 Å². The highest BCUT2D eigenvalue weighted by molar-refractivity contribution is 6.33. The zero-order valence-corrected chi connectivity index (χ0v) is 16.1. The van der Waals surface area contributed by atoms with Crippen molar-refractivity contribution in [1.29, 1.82) is 0 Å². The Morgan fingerprint density at radius 2 is 1.93 bits per heavy atom. The van der Waals surface area contributed by atoms with E-state index in [-0.39, 0.29) is 30.0 Å². The van der Waals surface area contributed by atoms with Crippen molar-refractivity contribution in [3.8, 4) is 0 Å². The van der Waals surface area contributed by atoms with Crippen LogP contribution >= 0.6 is 11.6 Å². The maximum Gasteiger partial charge on any atom is 0.411 e. The lowest BCUT2D eigenvalue weighted by Gasteiger charge is -2.10. The first-order chi connectivity index (χ1) is 13.9. The highest BCUT2D eigenvalue weighted by Gasteiger charge is 2.13. The fourth-order valence-corrected chi connectivity index (χ4v) is 2.73. The monoisotopic (exact) mass is 416 g/mol. The van der Waals surface area contributed by atoms with Gasteiger partial charge in [0.1, 0.15) is 12.2 Å². The number of fused-ring (bicyclic) bond motifs is 1. The largest absolute Gasteiger partial charge is 0.457 e. The van der Waals surface area contributed by atoms with Crippen molar-refractivity contribution in [2.45, 2.75) is 13.5 Å². The Morgan fingerprint density at radius 3 is 2.66 bits per heavy atom. The van der Waals surface area contributed by atoms with Crippen LogP contribution in [-0.2, 0) is 16.1 Å². The van der Waals surface area contributed by atoms with E-state index in [0.717, 1.165) is 0 Å². The van der Waals surface area contributed by atoms with Crippen LogP contribution in [0.3, 0.4) is 0 Å². The number of hydrogen-bond donors (Lipinski definition) is 2. The quantitative estimate of drug-likeness (QED) is 0.367. The number of nitrogen functional groups attached to an aromatic ring is 1. The van der Waals surface area contributed by atoms with E-state index < -0.39 is 17.7 Å². The lowest BCUT2D eigenvalue weighted by atomic mass is 10.1. The Balaban J connectivity index is 1.81. The summed E-state index contributed by atoms with van der Waals surface area (Å²) < 4.78 is 15.3. The van der Waals surface area contributed by atoms with Crippen LogP contribution < -0.4 is 16.7 Å². The van der Waals surface area contributed by atoms with E-state index in [9.17, 15) is 14.4 Å². The fraction of sp³-hybridized carbons (Fsp3) is 0.150. The second-order valence-electron chi connectivity index (χ2n) is 5.96. The maximum atomic E-state index is 12.3. The van der Waals surface area contributed by atoms with Crippen molar-refractivity contribution in [1.82, 2.24) is 0 Å². The molecule has 0 radical (unpaired) electrons. The van der Waals surface area contributed by atoms with Gasteiger partial charge in [-0.3, -0.25) is 5.32 Å². The summed E-state index contributed by atoms with van der Waals surface area (Å²) in [5.41, 5.74) is 6.65. The Kier molecular flexibility index (Phi) is 6.04. The summed E-state index contributed by atoms with van der Waals surface area (Å²) in [5.74, 6) is -0.615. The average molecular weight is 417 g/mol. The van der Waals surface area contributed by atoms with Gasteiger partial charge in [0.25, 0.3) is 0 Å². The minimum absolute atomic E-state index is 0.159. The second-order valence-corrected chi connectivity index (χ2v) is 6.37. The zero-order chi connectivity index (χ0) is 21.0. The summed E-state index contributed by atoms with van der Waals surface area (Å²) in [7, 11) is 0.